The minimum Gasteiger partial charge on any atom is -0.497 e. The minimum atomic E-state index is 0.114. The molecule has 0 N–H and O–H groups in total. The molecule has 2 aliphatic heterocycles. The molecule has 2 aromatic rings. The van der Waals surface area contributed by atoms with Gasteiger partial charge in [0.05, 0.1) is 19.3 Å². The van der Waals surface area contributed by atoms with Crippen molar-refractivity contribution in [3.63, 3.8) is 0 Å². The SMILES string of the molecule is COc1ccc(N2CCN(C(=O)CCCN3C(=O)CCn4nc(C)cc43)CC2)cc1. The van der Waals surface area contributed by atoms with Crippen molar-refractivity contribution in [2.45, 2.75) is 32.7 Å². The van der Waals surface area contributed by atoms with Crippen molar-refractivity contribution in [3.05, 3.63) is 36.0 Å². The third-order valence-corrected chi connectivity index (χ3v) is 5.84. The molecule has 1 aromatic heterocycles. The van der Waals surface area contributed by atoms with Crippen LogP contribution in [0.15, 0.2) is 30.3 Å². The summed E-state index contributed by atoms with van der Waals surface area (Å²) in [6, 6.07) is 9.97. The first kappa shape index (κ1) is 20.3. The lowest BCUT2D eigenvalue weighted by Gasteiger charge is -2.36. The number of hydrogen-bond donors (Lipinski definition) is 0. The number of aryl methyl sites for hydroxylation is 2. The Labute approximate surface area is 177 Å². The third-order valence-electron chi connectivity index (χ3n) is 5.84. The van der Waals surface area contributed by atoms with E-state index in [1.807, 2.05) is 34.7 Å². The topological polar surface area (TPSA) is 70.9 Å². The largest absolute Gasteiger partial charge is 0.497 e. The molecule has 2 amide bonds. The van der Waals surface area contributed by atoms with Gasteiger partial charge in [0.2, 0.25) is 11.8 Å². The molecule has 2 aliphatic rings. The Balaban J connectivity index is 1.25. The number of benzene rings is 1. The second-order valence-electron chi connectivity index (χ2n) is 7.83. The Morgan fingerprint density at radius 2 is 1.83 bits per heavy atom. The van der Waals surface area contributed by atoms with Gasteiger partial charge in [-0.25, -0.2) is 4.68 Å². The molecule has 4 rings (SSSR count). The van der Waals surface area contributed by atoms with Crippen LogP contribution in [-0.4, -0.2) is 66.3 Å². The summed E-state index contributed by atoms with van der Waals surface area (Å²) in [5.74, 6) is 1.98. The van der Waals surface area contributed by atoms with E-state index < -0.39 is 0 Å². The number of fused-ring (bicyclic) bond motifs is 1. The van der Waals surface area contributed by atoms with Crippen LogP contribution < -0.4 is 14.5 Å². The maximum Gasteiger partial charge on any atom is 0.229 e. The number of hydrogen-bond acceptors (Lipinski definition) is 5. The summed E-state index contributed by atoms with van der Waals surface area (Å²) in [7, 11) is 1.66. The number of amides is 2. The summed E-state index contributed by atoms with van der Waals surface area (Å²) < 4.78 is 7.10. The van der Waals surface area contributed by atoms with Crippen molar-refractivity contribution >= 4 is 23.3 Å². The number of nitrogens with zero attached hydrogens (tertiary/aromatic N) is 5. The summed E-state index contributed by atoms with van der Waals surface area (Å²) in [5.41, 5.74) is 2.06. The zero-order chi connectivity index (χ0) is 21.1. The van der Waals surface area contributed by atoms with Crippen LogP contribution in [-0.2, 0) is 16.1 Å². The molecule has 1 fully saturated rings. The van der Waals surface area contributed by atoms with Crippen molar-refractivity contribution in [3.8, 4) is 5.75 Å². The van der Waals surface area contributed by atoms with Crippen LogP contribution in [0.2, 0.25) is 0 Å². The van der Waals surface area contributed by atoms with Crippen molar-refractivity contribution in [1.29, 1.82) is 0 Å². The molecule has 8 heteroatoms. The molecular formula is C22H29N5O3. The molecule has 0 spiro atoms. The number of methoxy groups -OCH3 is 1. The van der Waals surface area contributed by atoms with Crippen LogP contribution in [0, 0.1) is 6.92 Å². The lowest BCUT2D eigenvalue weighted by molar-refractivity contribution is -0.131. The molecule has 3 heterocycles. The van der Waals surface area contributed by atoms with Crippen LogP contribution in [0.1, 0.15) is 25.0 Å². The summed E-state index contributed by atoms with van der Waals surface area (Å²) in [5, 5.41) is 4.43. The van der Waals surface area contributed by atoms with E-state index in [4.69, 9.17) is 4.74 Å². The van der Waals surface area contributed by atoms with Crippen LogP contribution in [0.3, 0.4) is 0 Å². The molecule has 0 bridgehead atoms. The van der Waals surface area contributed by atoms with Gasteiger partial charge in [0, 0.05) is 57.3 Å². The van der Waals surface area contributed by atoms with Crippen LogP contribution in [0.25, 0.3) is 0 Å². The van der Waals surface area contributed by atoms with Gasteiger partial charge in [-0.15, -0.1) is 0 Å². The van der Waals surface area contributed by atoms with Gasteiger partial charge in [0.25, 0.3) is 0 Å². The van der Waals surface area contributed by atoms with Crippen molar-refractivity contribution in [1.82, 2.24) is 14.7 Å². The van der Waals surface area contributed by atoms with Gasteiger partial charge >= 0.3 is 0 Å². The van der Waals surface area contributed by atoms with E-state index in [1.54, 1.807) is 12.0 Å². The lowest BCUT2D eigenvalue weighted by Crippen LogP contribution is -2.49. The van der Waals surface area contributed by atoms with E-state index in [1.165, 1.54) is 0 Å². The Bertz CT molecular complexity index is 900. The number of carbonyl (C=O) groups excluding carboxylic acids is 2. The van der Waals surface area contributed by atoms with Gasteiger partial charge in [-0.05, 0) is 37.6 Å². The maximum atomic E-state index is 12.7. The first-order valence-corrected chi connectivity index (χ1v) is 10.6. The number of aromatic nitrogens is 2. The van der Waals surface area contributed by atoms with Gasteiger partial charge in [-0.1, -0.05) is 0 Å². The molecule has 1 saturated heterocycles. The average Bonchev–Trinajstić information content (AvgIpc) is 3.16. The molecule has 0 saturated carbocycles. The summed E-state index contributed by atoms with van der Waals surface area (Å²) in [6.45, 7) is 6.21. The molecule has 0 unspecified atom stereocenters. The maximum absolute atomic E-state index is 12.7. The Morgan fingerprint density at radius 3 is 2.53 bits per heavy atom. The molecule has 0 atom stereocenters. The number of rotatable bonds is 6. The number of anilines is 2. The quantitative estimate of drug-likeness (QED) is 0.728. The van der Waals surface area contributed by atoms with E-state index in [-0.39, 0.29) is 11.8 Å². The lowest BCUT2D eigenvalue weighted by atomic mass is 10.2. The molecule has 160 valence electrons. The minimum absolute atomic E-state index is 0.114. The fraction of sp³-hybridized carbons (Fsp3) is 0.500. The van der Waals surface area contributed by atoms with Crippen molar-refractivity contribution in [2.75, 3.05) is 49.6 Å². The fourth-order valence-corrected chi connectivity index (χ4v) is 4.17. The highest BCUT2D eigenvalue weighted by molar-refractivity contribution is 5.93. The molecule has 30 heavy (non-hydrogen) atoms. The summed E-state index contributed by atoms with van der Waals surface area (Å²) in [6.07, 6.45) is 1.59. The van der Waals surface area contributed by atoms with Gasteiger partial charge in [-0.3, -0.25) is 14.5 Å². The third kappa shape index (κ3) is 4.27. The van der Waals surface area contributed by atoms with E-state index in [0.29, 0.717) is 32.4 Å². The molecule has 0 radical (unpaired) electrons. The second-order valence-corrected chi connectivity index (χ2v) is 7.83. The van der Waals surface area contributed by atoms with E-state index >= 15 is 0 Å². The van der Waals surface area contributed by atoms with E-state index in [9.17, 15) is 9.59 Å². The van der Waals surface area contributed by atoms with Crippen molar-refractivity contribution < 1.29 is 14.3 Å². The van der Waals surface area contributed by atoms with Crippen LogP contribution in [0.5, 0.6) is 5.75 Å². The highest BCUT2D eigenvalue weighted by Crippen LogP contribution is 2.23. The predicted molar refractivity (Wildman–Crippen MR) is 115 cm³/mol. The molecular weight excluding hydrogens is 382 g/mol. The average molecular weight is 412 g/mol. The standard InChI is InChI=1S/C22H29N5O3/c1-17-16-20-26(22(29)9-11-27(20)23-17)10-3-4-21(28)25-14-12-24(13-15-25)18-5-7-19(30-2)8-6-18/h5-8,16H,3-4,9-15H2,1-2H3. The zero-order valence-electron chi connectivity index (χ0n) is 17.7. The van der Waals surface area contributed by atoms with Crippen LogP contribution in [0.4, 0.5) is 11.5 Å². The van der Waals surface area contributed by atoms with E-state index in [0.717, 1.165) is 49.1 Å². The Kier molecular flexibility index (Phi) is 5.92. The normalized spacial score (nSPS) is 16.6. The highest BCUT2D eigenvalue weighted by Gasteiger charge is 2.26. The smallest absolute Gasteiger partial charge is 0.229 e. The molecule has 0 aliphatic carbocycles. The van der Waals surface area contributed by atoms with Crippen molar-refractivity contribution in [2.24, 2.45) is 0 Å². The number of piperazine rings is 1. The summed E-state index contributed by atoms with van der Waals surface area (Å²) in [4.78, 5) is 31.0. The van der Waals surface area contributed by atoms with E-state index in [2.05, 4.69) is 22.1 Å². The van der Waals surface area contributed by atoms with Gasteiger partial charge in [0.15, 0.2) is 0 Å². The molecule has 1 aromatic carbocycles. The Morgan fingerprint density at radius 1 is 1.10 bits per heavy atom. The highest BCUT2D eigenvalue weighted by atomic mass is 16.5. The number of ether oxygens (including phenoxy) is 1. The predicted octanol–water partition coefficient (Wildman–Crippen LogP) is 2.07. The zero-order valence-corrected chi connectivity index (χ0v) is 17.7. The first-order valence-electron chi connectivity index (χ1n) is 10.6. The fourth-order valence-electron chi connectivity index (χ4n) is 4.17. The molecule has 8 nitrogen and oxygen atoms in total. The van der Waals surface area contributed by atoms with Gasteiger partial charge in [0.1, 0.15) is 11.6 Å². The van der Waals surface area contributed by atoms with Gasteiger partial charge < -0.3 is 14.5 Å². The van der Waals surface area contributed by atoms with Crippen LogP contribution >= 0.6 is 0 Å². The first-order chi connectivity index (χ1) is 14.5. The van der Waals surface area contributed by atoms with Gasteiger partial charge in [-0.2, -0.15) is 5.10 Å². The summed E-state index contributed by atoms with van der Waals surface area (Å²) >= 11 is 0. The Hall–Kier alpha value is -3.03. The second kappa shape index (κ2) is 8.77. The monoisotopic (exact) mass is 411 g/mol. The number of carbonyl (C=O) groups is 2.